The van der Waals surface area contributed by atoms with Gasteiger partial charge in [-0.15, -0.1) is 11.6 Å². The number of amides is 1. The van der Waals surface area contributed by atoms with E-state index in [-0.39, 0.29) is 18.0 Å². The van der Waals surface area contributed by atoms with Crippen molar-refractivity contribution in [1.82, 2.24) is 9.88 Å². The minimum absolute atomic E-state index is 0.0265. The lowest BCUT2D eigenvalue weighted by Crippen LogP contribution is -2.36. The molecule has 0 N–H and O–H groups in total. The Bertz CT molecular complexity index is 390. The van der Waals surface area contributed by atoms with E-state index >= 15 is 0 Å². The molecule has 0 radical (unpaired) electrons. The molecule has 0 aliphatic heterocycles. The summed E-state index contributed by atoms with van der Waals surface area (Å²) in [5.74, 6) is -1.38. The van der Waals surface area contributed by atoms with Gasteiger partial charge in [-0.05, 0) is 6.07 Å². The number of alkyl halides is 3. The van der Waals surface area contributed by atoms with Crippen LogP contribution in [0.2, 0.25) is 0 Å². The number of halogens is 4. The topological polar surface area (TPSA) is 33.2 Å². The summed E-state index contributed by atoms with van der Waals surface area (Å²) in [6.45, 7) is -0.761. The van der Waals surface area contributed by atoms with Crippen LogP contribution in [0, 0.1) is 5.82 Å². The Morgan fingerprint density at radius 3 is 2.71 bits per heavy atom. The van der Waals surface area contributed by atoms with Gasteiger partial charge in [-0.1, -0.05) is 0 Å². The van der Waals surface area contributed by atoms with Crippen LogP contribution in [-0.2, 0) is 0 Å². The maximum absolute atomic E-state index is 12.8. The molecule has 0 unspecified atom stereocenters. The molecule has 1 aromatic heterocycles. The third-order valence-corrected chi connectivity index (χ3v) is 2.12. The Morgan fingerprint density at radius 2 is 2.18 bits per heavy atom. The van der Waals surface area contributed by atoms with Crippen LogP contribution in [-0.4, -0.2) is 41.2 Å². The van der Waals surface area contributed by atoms with Crippen LogP contribution in [0.15, 0.2) is 18.5 Å². The van der Waals surface area contributed by atoms with Crippen molar-refractivity contribution in [2.45, 2.75) is 6.43 Å². The Morgan fingerprint density at radius 1 is 1.47 bits per heavy atom. The van der Waals surface area contributed by atoms with Crippen molar-refractivity contribution >= 4 is 17.5 Å². The van der Waals surface area contributed by atoms with E-state index < -0.39 is 24.7 Å². The van der Waals surface area contributed by atoms with Crippen LogP contribution in [0.4, 0.5) is 13.2 Å². The lowest BCUT2D eigenvalue weighted by molar-refractivity contribution is 0.0570. The van der Waals surface area contributed by atoms with Gasteiger partial charge in [-0.3, -0.25) is 9.78 Å². The molecule has 7 heteroatoms. The zero-order valence-electron chi connectivity index (χ0n) is 8.75. The molecule has 0 aliphatic rings. The molecule has 1 heterocycles. The molecule has 17 heavy (non-hydrogen) atoms. The SMILES string of the molecule is O=C(c1cncc(F)c1)N(CCCl)CC(F)F. The highest BCUT2D eigenvalue weighted by molar-refractivity contribution is 6.18. The molecule has 0 fully saturated rings. The molecule has 1 amide bonds. The fourth-order valence-corrected chi connectivity index (χ4v) is 1.46. The Kier molecular flexibility index (Phi) is 5.21. The van der Waals surface area contributed by atoms with E-state index in [1.54, 1.807) is 0 Å². The maximum Gasteiger partial charge on any atom is 0.255 e. The fourth-order valence-electron chi connectivity index (χ4n) is 1.26. The molecule has 0 bridgehead atoms. The number of hydrogen-bond donors (Lipinski definition) is 0. The van der Waals surface area contributed by atoms with E-state index in [0.717, 1.165) is 23.4 Å². The third-order valence-electron chi connectivity index (χ3n) is 1.95. The van der Waals surface area contributed by atoms with Crippen LogP contribution in [0.5, 0.6) is 0 Å². The van der Waals surface area contributed by atoms with Gasteiger partial charge in [0.25, 0.3) is 12.3 Å². The second kappa shape index (κ2) is 6.44. The number of hydrogen-bond acceptors (Lipinski definition) is 2. The van der Waals surface area contributed by atoms with Gasteiger partial charge >= 0.3 is 0 Å². The van der Waals surface area contributed by atoms with Crippen LogP contribution < -0.4 is 0 Å². The molecule has 1 rings (SSSR count). The first-order chi connectivity index (χ1) is 8.04. The Hall–Kier alpha value is -1.30. The summed E-state index contributed by atoms with van der Waals surface area (Å²) in [7, 11) is 0. The molecule has 1 aromatic rings. The number of aromatic nitrogens is 1. The summed E-state index contributed by atoms with van der Waals surface area (Å²) in [6, 6.07) is 0.946. The predicted molar refractivity (Wildman–Crippen MR) is 56.8 cm³/mol. The van der Waals surface area contributed by atoms with Gasteiger partial charge in [0.15, 0.2) is 0 Å². The van der Waals surface area contributed by atoms with Gasteiger partial charge in [0.1, 0.15) is 5.82 Å². The van der Waals surface area contributed by atoms with Crippen molar-refractivity contribution in [3.05, 3.63) is 29.8 Å². The highest BCUT2D eigenvalue weighted by Crippen LogP contribution is 2.08. The fraction of sp³-hybridized carbons (Fsp3) is 0.400. The van der Waals surface area contributed by atoms with E-state index in [1.165, 1.54) is 0 Å². The van der Waals surface area contributed by atoms with E-state index in [2.05, 4.69) is 4.98 Å². The summed E-state index contributed by atoms with van der Waals surface area (Å²) >= 11 is 5.41. The van der Waals surface area contributed by atoms with Gasteiger partial charge in [-0.25, -0.2) is 13.2 Å². The van der Waals surface area contributed by atoms with Crippen LogP contribution in [0.25, 0.3) is 0 Å². The largest absolute Gasteiger partial charge is 0.332 e. The molecule has 0 aromatic carbocycles. The Balaban J connectivity index is 2.83. The second-order valence-electron chi connectivity index (χ2n) is 3.22. The minimum atomic E-state index is -2.66. The van der Waals surface area contributed by atoms with Crippen molar-refractivity contribution in [3.8, 4) is 0 Å². The second-order valence-corrected chi connectivity index (χ2v) is 3.60. The van der Waals surface area contributed by atoms with Crippen molar-refractivity contribution in [1.29, 1.82) is 0 Å². The summed E-state index contributed by atoms with van der Waals surface area (Å²) in [4.78, 5) is 16.1. The van der Waals surface area contributed by atoms with Gasteiger partial charge < -0.3 is 4.90 Å². The minimum Gasteiger partial charge on any atom is -0.332 e. The van der Waals surface area contributed by atoms with Crippen molar-refractivity contribution in [2.75, 3.05) is 19.0 Å². The maximum atomic E-state index is 12.8. The molecule has 0 saturated heterocycles. The molecular weight excluding hydrogens is 257 g/mol. The monoisotopic (exact) mass is 266 g/mol. The quantitative estimate of drug-likeness (QED) is 0.765. The van der Waals surface area contributed by atoms with E-state index in [4.69, 9.17) is 11.6 Å². The number of rotatable bonds is 5. The normalized spacial score (nSPS) is 10.6. The average molecular weight is 267 g/mol. The number of carbonyl (C=O) groups is 1. The molecule has 3 nitrogen and oxygen atoms in total. The van der Waals surface area contributed by atoms with Gasteiger partial charge in [0.2, 0.25) is 0 Å². The van der Waals surface area contributed by atoms with E-state index in [1.807, 2.05) is 0 Å². The first-order valence-corrected chi connectivity index (χ1v) is 5.32. The zero-order chi connectivity index (χ0) is 12.8. The van der Waals surface area contributed by atoms with Crippen LogP contribution in [0.1, 0.15) is 10.4 Å². The van der Waals surface area contributed by atoms with Crippen LogP contribution >= 0.6 is 11.6 Å². The van der Waals surface area contributed by atoms with Gasteiger partial charge in [-0.2, -0.15) is 0 Å². The summed E-state index contributed by atoms with van der Waals surface area (Å²) in [6.07, 6.45) is -0.614. The van der Waals surface area contributed by atoms with Gasteiger partial charge in [0, 0.05) is 18.6 Å². The molecule has 94 valence electrons. The van der Waals surface area contributed by atoms with Crippen molar-refractivity contribution in [3.63, 3.8) is 0 Å². The van der Waals surface area contributed by atoms with Crippen molar-refractivity contribution in [2.24, 2.45) is 0 Å². The van der Waals surface area contributed by atoms with E-state index in [0.29, 0.717) is 0 Å². The average Bonchev–Trinajstić information content (AvgIpc) is 2.27. The van der Waals surface area contributed by atoms with Crippen molar-refractivity contribution < 1.29 is 18.0 Å². The number of pyridine rings is 1. The molecular formula is C10H10ClF3N2O. The first kappa shape index (κ1) is 13.8. The summed E-state index contributed by atoms with van der Waals surface area (Å²) in [5.41, 5.74) is -0.0734. The zero-order valence-corrected chi connectivity index (χ0v) is 9.50. The molecule has 0 saturated carbocycles. The molecule has 0 spiro atoms. The summed E-state index contributed by atoms with van der Waals surface area (Å²) < 4.78 is 37.3. The number of nitrogens with zero attached hydrogens (tertiary/aromatic N) is 2. The highest BCUT2D eigenvalue weighted by Gasteiger charge is 2.19. The smallest absolute Gasteiger partial charge is 0.255 e. The van der Waals surface area contributed by atoms with Crippen LogP contribution in [0.3, 0.4) is 0 Å². The predicted octanol–water partition coefficient (Wildman–Crippen LogP) is 2.17. The standard InChI is InChI=1S/C10H10ClF3N2O/c11-1-2-16(6-9(13)14)10(17)7-3-8(12)5-15-4-7/h3-5,9H,1-2,6H2. The van der Waals surface area contributed by atoms with E-state index in [9.17, 15) is 18.0 Å². The number of carbonyl (C=O) groups excluding carboxylic acids is 1. The van der Waals surface area contributed by atoms with Gasteiger partial charge in [0.05, 0.1) is 18.3 Å². The summed E-state index contributed by atoms with van der Waals surface area (Å²) in [5, 5.41) is 0. The third kappa shape index (κ3) is 4.22. The first-order valence-electron chi connectivity index (χ1n) is 4.78. The molecule has 0 atom stereocenters. The lowest BCUT2D eigenvalue weighted by atomic mass is 10.2. The Labute approximate surface area is 101 Å². The highest BCUT2D eigenvalue weighted by atomic mass is 35.5. The lowest BCUT2D eigenvalue weighted by Gasteiger charge is -2.20. The molecule has 0 aliphatic carbocycles.